The van der Waals surface area contributed by atoms with Crippen LogP contribution in [0.1, 0.15) is 59.6 Å². The molecule has 11 aromatic rings. The number of para-hydroxylation sites is 2. The van der Waals surface area contributed by atoms with Gasteiger partial charge in [0, 0.05) is 38.7 Å². The molecule has 0 radical (unpaired) electrons. The molecule has 0 aliphatic heterocycles. The predicted molar refractivity (Wildman–Crippen MR) is 274 cm³/mol. The van der Waals surface area contributed by atoms with Crippen molar-refractivity contribution in [1.82, 2.24) is 0 Å². The Morgan fingerprint density at radius 2 is 1.05 bits per heavy atom. The Morgan fingerprint density at radius 3 is 1.86 bits per heavy atom. The Kier molecular flexibility index (Phi) is 6.67. The van der Waals surface area contributed by atoms with Crippen molar-refractivity contribution in [3.8, 4) is 44.5 Å². The van der Waals surface area contributed by atoms with Crippen molar-refractivity contribution in [3.63, 3.8) is 0 Å². The topological polar surface area (TPSA) is 16.4 Å². The summed E-state index contributed by atoms with van der Waals surface area (Å²) < 4.78 is 88.5. The fraction of sp³-hybridized carbons (Fsp3) is 0.0625. The number of anilines is 3. The number of furan rings is 1. The van der Waals surface area contributed by atoms with Crippen molar-refractivity contribution in [1.29, 1.82) is 0 Å². The molecule has 2 nitrogen and oxygen atoms in total. The lowest BCUT2D eigenvalue weighted by molar-refractivity contribution is 0.660. The largest absolute Gasteiger partial charge is 0.455 e. The zero-order valence-corrected chi connectivity index (χ0v) is 36.2. The van der Waals surface area contributed by atoms with Crippen molar-refractivity contribution in [2.45, 2.75) is 24.7 Å². The second-order valence-electron chi connectivity index (χ2n) is 17.7. The highest BCUT2D eigenvalue weighted by Crippen LogP contribution is 2.60. The molecule has 13 rings (SSSR count). The minimum Gasteiger partial charge on any atom is -0.455 e. The van der Waals surface area contributed by atoms with Crippen molar-refractivity contribution >= 4 is 39.0 Å². The Bertz CT molecular complexity index is 4160. The fourth-order valence-electron chi connectivity index (χ4n) is 11.0. The molecule has 1 aromatic heterocycles. The molecule has 1 atom stereocenters. The van der Waals surface area contributed by atoms with Gasteiger partial charge in [0.1, 0.15) is 11.2 Å². The third kappa shape index (κ3) is 5.55. The molecule has 1 heterocycles. The first-order chi connectivity index (χ1) is 36.2. The summed E-state index contributed by atoms with van der Waals surface area (Å²) in [6.07, 6.45) is 0. The maximum absolute atomic E-state index is 9.95. The average Bonchev–Trinajstić information content (AvgIpc) is 4.16. The van der Waals surface area contributed by atoms with Gasteiger partial charge in [-0.3, -0.25) is 0 Å². The molecule has 0 fully saturated rings. The van der Waals surface area contributed by atoms with Gasteiger partial charge in [-0.15, -0.1) is 0 Å². The van der Waals surface area contributed by atoms with Crippen LogP contribution in [-0.4, -0.2) is 0 Å². The number of benzene rings is 10. The molecule has 66 heavy (non-hydrogen) atoms. The molecule has 0 amide bonds. The average molecular weight is 853 g/mol. The lowest BCUT2D eigenvalue weighted by atomic mass is 9.67. The summed E-state index contributed by atoms with van der Waals surface area (Å²) in [5, 5.41) is 2.11. The Labute approximate surface area is 398 Å². The second-order valence-corrected chi connectivity index (χ2v) is 17.7. The maximum Gasteiger partial charge on any atom is 0.143 e. The lowest BCUT2D eigenvalue weighted by Gasteiger charge is -2.34. The first kappa shape index (κ1) is 30.0. The summed E-state index contributed by atoms with van der Waals surface area (Å²) in [6.45, 7) is 4.37. The number of nitrogens with zero attached hydrogens (tertiary/aromatic N) is 1. The van der Waals surface area contributed by atoms with E-state index in [2.05, 4.69) is 135 Å². The van der Waals surface area contributed by atoms with E-state index in [-0.39, 0.29) is 11.3 Å². The minimum atomic E-state index is -0.889. The van der Waals surface area contributed by atoms with Crippen LogP contribution in [0, 0.1) is 0 Å². The molecule has 2 aliphatic carbocycles. The van der Waals surface area contributed by atoms with E-state index in [9.17, 15) is 5.48 Å². The summed E-state index contributed by atoms with van der Waals surface area (Å²) >= 11 is 0. The highest BCUT2D eigenvalue weighted by Gasteiger charge is 2.47. The molecule has 0 N–H and O–H groups in total. The van der Waals surface area contributed by atoms with E-state index in [1.165, 1.54) is 5.56 Å². The molecule has 2 aliphatic rings. The van der Waals surface area contributed by atoms with Crippen molar-refractivity contribution in [2.24, 2.45) is 0 Å². The van der Waals surface area contributed by atoms with Crippen LogP contribution >= 0.6 is 0 Å². The molecule has 0 saturated carbocycles. The minimum absolute atomic E-state index is 0.0541. The van der Waals surface area contributed by atoms with Gasteiger partial charge in [0.15, 0.2) is 0 Å². The third-order valence-corrected chi connectivity index (χ3v) is 13.9. The molecular weight excluding hydrogens is 799 g/mol. The van der Waals surface area contributed by atoms with Crippen LogP contribution in [0.25, 0.3) is 66.4 Å². The van der Waals surface area contributed by atoms with Gasteiger partial charge in [0.2, 0.25) is 0 Å². The Hall–Kier alpha value is -8.20. The molecular formula is C64H45NO. The highest BCUT2D eigenvalue weighted by atomic mass is 16.3. The van der Waals surface area contributed by atoms with E-state index in [1.807, 2.05) is 65.6 Å². The monoisotopic (exact) mass is 852 g/mol. The molecule has 10 aromatic carbocycles. The molecule has 0 spiro atoms. The van der Waals surface area contributed by atoms with Crippen LogP contribution < -0.4 is 4.90 Å². The molecule has 0 bridgehead atoms. The molecule has 312 valence electrons. The number of rotatable bonds is 7. The maximum atomic E-state index is 9.95. The van der Waals surface area contributed by atoms with Gasteiger partial charge in [-0.2, -0.15) is 0 Å². The van der Waals surface area contributed by atoms with Gasteiger partial charge in [-0.1, -0.05) is 214 Å². The van der Waals surface area contributed by atoms with Crippen molar-refractivity contribution in [2.75, 3.05) is 4.90 Å². The fourth-order valence-corrected chi connectivity index (χ4v) is 11.0. The van der Waals surface area contributed by atoms with Gasteiger partial charge in [0.05, 0.1) is 23.4 Å². The molecule has 2 heteroatoms. The summed E-state index contributed by atoms with van der Waals surface area (Å²) in [4.78, 5) is 1.83. The van der Waals surface area contributed by atoms with E-state index >= 15 is 0 Å². The van der Waals surface area contributed by atoms with E-state index in [1.54, 1.807) is 0 Å². The van der Waals surface area contributed by atoms with Gasteiger partial charge >= 0.3 is 0 Å². The number of hydrogen-bond donors (Lipinski definition) is 0. The van der Waals surface area contributed by atoms with Gasteiger partial charge in [0.25, 0.3) is 0 Å². The van der Waals surface area contributed by atoms with Crippen LogP contribution in [0.5, 0.6) is 0 Å². The van der Waals surface area contributed by atoms with Crippen LogP contribution in [0.4, 0.5) is 17.1 Å². The highest BCUT2D eigenvalue weighted by molar-refractivity contribution is 6.09. The van der Waals surface area contributed by atoms with Gasteiger partial charge < -0.3 is 9.32 Å². The normalized spacial score (nSPS) is 17.2. The number of hydrogen-bond acceptors (Lipinski definition) is 2. The van der Waals surface area contributed by atoms with Gasteiger partial charge in [-0.05, 0) is 103 Å². The summed E-state index contributed by atoms with van der Waals surface area (Å²) in [7, 11) is 0. The van der Waals surface area contributed by atoms with E-state index in [4.69, 9.17) is 11.3 Å². The van der Waals surface area contributed by atoms with Crippen molar-refractivity contribution < 1.29 is 16.8 Å². The molecule has 1 unspecified atom stereocenters. The first-order valence-electron chi connectivity index (χ1n) is 26.8. The smallest absolute Gasteiger partial charge is 0.143 e. The zero-order chi connectivity index (χ0) is 51.8. The van der Waals surface area contributed by atoms with E-state index in [0.29, 0.717) is 11.4 Å². The van der Waals surface area contributed by atoms with Gasteiger partial charge in [-0.25, -0.2) is 0 Å². The Balaban J connectivity index is 1.08. The molecule has 0 saturated heterocycles. The van der Waals surface area contributed by atoms with E-state index in [0.717, 1.165) is 83.1 Å². The Morgan fingerprint density at radius 1 is 0.424 bits per heavy atom. The third-order valence-electron chi connectivity index (χ3n) is 13.9. The quantitative estimate of drug-likeness (QED) is 0.159. The second kappa shape index (κ2) is 14.7. The summed E-state index contributed by atoms with van der Waals surface area (Å²) in [5.41, 5.74) is 12.8. The van der Waals surface area contributed by atoms with Crippen LogP contribution in [0.3, 0.4) is 0 Å². The van der Waals surface area contributed by atoms with E-state index < -0.39 is 70.8 Å². The zero-order valence-electron chi connectivity index (χ0n) is 45.2. The summed E-state index contributed by atoms with van der Waals surface area (Å²) in [5.74, 6) is 0. The SMILES string of the molecule is [2H]c1c([2H])c([2H])c(-c2c([2H])c([2H])c(N(c3ccc4c(c3)C(C)(C)c3ccccc3-4)c3cccc4c3-c3ccccc3C4(c3ccccc3)c3ccc(-c4cccc5c4oc4ccccc45)cc3)c([2H])c2[2H])c([2H])c1[2H]. The first-order valence-corrected chi connectivity index (χ1v) is 22.3. The lowest BCUT2D eigenvalue weighted by Crippen LogP contribution is -2.28. The van der Waals surface area contributed by atoms with Crippen LogP contribution in [0.15, 0.2) is 241 Å². The van der Waals surface area contributed by atoms with Crippen LogP contribution in [0.2, 0.25) is 0 Å². The van der Waals surface area contributed by atoms with Crippen LogP contribution in [-0.2, 0) is 10.8 Å². The predicted octanol–water partition coefficient (Wildman–Crippen LogP) is 17.1. The van der Waals surface area contributed by atoms with Crippen molar-refractivity contribution in [3.05, 3.63) is 270 Å². The summed E-state index contributed by atoms with van der Waals surface area (Å²) in [6, 6.07) is 57.3. The number of fused-ring (bicyclic) bond motifs is 9. The standard InChI is InChI=1S/C64H45NO/c1-63(2)55-26-12-9-21-50(55)51-40-39-48(41-58(51)63)65(47-37-33-43(34-38-47)42-17-5-3-6-18-42)59-29-16-28-57-61(59)54-23-10-13-27-56(54)64(57,45-19-7-4-8-20-45)46-35-31-44(32-36-46)49-24-15-25-53-52-22-11-14-30-60(52)66-62(49)53/h3-41H,1-2H3/i3D,5D,6D,17D,18D,33D,34D,37D,38D.